The average molecular weight is 380 g/mol. The molecule has 2 aromatic carbocycles. The molecule has 1 saturated carbocycles. The fourth-order valence-electron chi connectivity index (χ4n) is 4.47. The standard InChI is InChI=1S/C21H20N2O3S/c24-21-14-9-5-11-16(22-13-7-3-1-2-4-8-13)18(14)20-19-15(21)10-6-12-17(19)27(25,26)23-20/h5-6,9-13,22H,1-4,7-8H2. The molecule has 0 aromatic heterocycles. The minimum Gasteiger partial charge on any atom is -0.382 e. The lowest BCUT2D eigenvalue weighted by molar-refractivity contribution is 0.103. The van der Waals surface area contributed by atoms with E-state index >= 15 is 0 Å². The van der Waals surface area contributed by atoms with Gasteiger partial charge >= 0.3 is 0 Å². The van der Waals surface area contributed by atoms with Crippen LogP contribution in [-0.4, -0.2) is 26.0 Å². The zero-order valence-electron chi connectivity index (χ0n) is 14.9. The maximum absolute atomic E-state index is 13.1. The molecule has 5 rings (SSSR count). The van der Waals surface area contributed by atoms with Crippen LogP contribution in [-0.2, 0) is 10.0 Å². The third-order valence-electron chi connectivity index (χ3n) is 5.76. The van der Waals surface area contributed by atoms with Crippen LogP contribution in [0.5, 0.6) is 0 Å². The molecule has 1 aliphatic heterocycles. The molecular weight excluding hydrogens is 360 g/mol. The van der Waals surface area contributed by atoms with Gasteiger partial charge in [0.2, 0.25) is 0 Å². The summed E-state index contributed by atoms with van der Waals surface area (Å²) in [6.07, 6.45) is 7.06. The van der Waals surface area contributed by atoms with E-state index in [1.807, 2.05) is 12.1 Å². The van der Waals surface area contributed by atoms with Crippen LogP contribution in [0.1, 0.15) is 65.6 Å². The van der Waals surface area contributed by atoms with Crippen molar-refractivity contribution >= 4 is 27.2 Å². The Balaban J connectivity index is 1.67. The number of ketones is 1. The number of anilines is 1. The van der Waals surface area contributed by atoms with Gasteiger partial charge in [-0.15, -0.1) is 0 Å². The van der Waals surface area contributed by atoms with Crippen molar-refractivity contribution in [2.45, 2.75) is 49.5 Å². The Hall–Kier alpha value is -2.47. The van der Waals surface area contributed by atoms with E-state index in [1.54, 1.807) is 18.2 Å². The number of hydrogen-bond donors (Lipinski definition) is 1. The van der Waals surface area contributed by atoms with Gasteiger partial charge < -0.3 is 5.32 Å². The fourth-order valence-corrected chi connectivity index (χ4v) is 5.71. The second-order valence-electron chi connectivity index (χ2n) is 7.48. The Labute approximate surface area is 158 Å². The number of fused-ring (bicyclic) bond motifs is 2. The first-order valence-corrected chi connectivity index (χ1v) is 10.9. The monoisotopic (exact) mass is 380 g/mol. The van der Waals surface area contributed by atoms with Crippen LogP contribution in [0.2, 0.25) is 0 Å². The molecule has 0 saturated heterocycles. The maximum atomic E-state index is 13.1. The highest BCUT2D eigenvalue weighted by Crippen LogP contribution is 2.40. The SMILES string of the molecule is O=C1c2cccc(NC3CCCCCC3)c2C2=NS(=O)(=O)c3cccc1c32. The summed E-state index contributed by atoms with van der Waals surface area (Å²) in [7, 11) is -3.76. The van der Waals surface area contributed by atoms with Crippen LogP contribution in [0, 0.1) is 0 Å². The summed E-state index contributed by atoms with van der Waals surface area (Å²) in [5.74, 6) is -0.137. The average Bonchev–Trinajstić information content (AvgIpc) is 2.81. The Bertz CT molecular complexity index is 1090. The number of carbonyl (C=O) groups is 1. The number of benzene rings is 2. The Kier molecular flexibility index (Phi) is 3.72. The summed E-state index contributed by atoms with van der Waals surface area (Å²) >= 11 is 0. The smallest absolute Gasteiger partial charge is 0.283 e. The first kappa shape index (κ1) is 16.7. The van der Waals surface area contributed by atoms with Gasteiger partial charge in [-0.25, -0.2) is 0 Å². The van der Waals surface area contributed by atoms with Gasteiger partial charge in [0.05, 0.1) is 10.6 Å². The quantitative estimate of drug-likeness (QED) is 0.684. The number of hydrogen-bond acceptors (Lipinski definition) is 4. The Morgan fingerprint density at radius 3 is 2.30 bits per heavy atom. The number of rotatable bonds is 2. The molecule has 5 nitrogen and oxygen atoms in total. The largest absolute Gasteiger partial charge is 0.382 e. The van der Waals surface area contributed by atoms with Crippen molar-refractivity contribution in [3.8, 4) is 0 Å². The highest BCUT2D eigenvalue weighted by Gasteiger charge is 2.40. The van der Waals surface area contributed by atoms with Gasteiger partial charge in [-0.1, -0.05) is 49.9 Å². The first-order valence-electron chi connectivity index (χ1n) is 9.49. The number of carbonyl (C=O) groups excluding carboxylic acids is 1. The molecule has 3 aliphatic rings. The maximum Gasteiger partial charge on any atom is 0.283 e. The topological polar surface area (TPSA) is 75.6 Å². The molecule has 27 heavy (non-hydrogen) atoms. The molecule has 2 aromatic rings. The summed E-state index contributed by atoms with van der Waals surface area (Å²) in [6.45, 7) is 0. The second kappa shape index (κ2) is 6.02. The molecule has 2 aliphatic carbocycles. The third-order valence-corrected chi connectivity index (χ3v) is 7.08. The molecule has 6 heteroatoms. The van der Waals surface area contributed by atoms with E-state index in [4.69, 9.17) is 0 Å². The van der Waals surface area contributed by atoms with Gasteiger partial charge in [0.1, 0.15) is 0 Å². The summed E-state index contributed by atoms with van der Waals surface area (Å²) in [5, 5.41) is 3.59. The number of sulfonamides is 1. The van der Waals surface area contributed by atoms with E-state index in [9.17, 15) is 13.2 Å². The van der Waals surface area contributed by atoms with E-state index in [1.165, 1.54) is 31.7 Å². The van der Waals surface area contributed by atoms with Gasteiger partial charge in [0.15, 0.2) is 5.78 Å². The molecule has 0 bridgehead atoms. The lowest BCUT2D eigenvalue weighted by atomic mass is 9.82. The summed E-state index contributed by atoms with van der Waals surface area (Å²) in [6, 6.07) is 10.7. The predicted molar refractivity (Wildman–Crippen MR) is 104 cm³/mol. The molecule has 0 atom stereocenters. The molecule has 1 fully saturated rings. The summed E-state index contributed by atoms with van der Waals surface area (Å²) in [5.41, 5.74) is 3.26. The van der Waals surface area contributed by atoms with E-state index in [2.05, 4.69) is 9.71 Å². The van der Waals surface area contributed by atoms with E-state index < -0.39 is 10.0 Å². The highest BCUT2D eigenvalue weighted by atomic mass is 32.2. The normalized spacial score (nSPS) is 20.4. The van der Waals surface area contributed by atoms with Crippen LogP contribution in [0.4, 0.5) is 5.69 Å². The van der Waals surface area contributed by atoms with Gasteiger partial charge in [-0.05, 0) is 25.0 Å². The minimum absolute atomic E-state index is 0.137. The first-order chi connectivity index (χ1) is 13.1. The fraction of sp³-hybridized carbons (Fsp3) is 0.333. The molecule has 0 amide bonds. The third kappa shape index (κ3) is 2.54. The molecule has 138 valence electrons. The molecule has 1 N–H and O–H groups in total. The highest BCUT2D eigenvalue weighted by molar-refractivity contribution is 7.90. The summed E-state index contributed by atoms with van der Waals surface area (Å²) < 4.78 is 29.2. The van der Waals surface area contributed by atoms with Gasteiger partial charge in [0.25, 0.3) is 10.0 Å². The van der Waals surface area contributed by atoms with Crippen LogP contribution in [0.3, 0.4) is 0 Å². The lowest BCUT2D eigenvalue weighted by Crippen LogP contribution is -2.25. The number of nitrogens with one attached hydrogen (secondary N) is 1. The van der Waals surface area contributed by atoms with Crippen LogP contribution in [0.25, 0.3) is 0 Å². The van der Waals surface area contributed by atoms with Crippen molar-refractivity contribution in [2.75, 3.05) is 5.32 Å². The van der Waals surface area contributed by atoms with Crippen molar-refractivity contribution in [2.24, 2.45) is 4.40 Å². The van der Waals surface area contributed by atoms with Crippen molar-refractivity contribution < 1.29 is 13.2 Å². The molecule has 0 unspecified atom stereocenters. The van der Waals surface area contributed by atoms with Crippen molar-refractivity contribution in [3.63, 3.8) is 0 Å². The molecular formula is C21H20N2O3S. The predicted octanol–water partition coefficient (Wildman–Crippen LogP) is 3.91. The van der Waals surface area contributed by atoms with Crippen molar-refractivity contribution in [3.05, 3.63) is 58.7 Å². The number of nitrogens with zero attached hydrogens (tertiary/aromatic N) is 1. The summed E-state index contributed by atoms with van der Waals surface area (Å²) in [4.78, 5) is 13.2. The van der Waals surface area contributed by atoms with Crippen LogP contribution < -0.4 is 5.32 Å². The molecule has 0 radical (unpaired) electrons. The second-order valence-corrected chi connectivity index (χ2v) is 9.06. The van der Waals surface area contributed by atoms with Crippen molar-refractivity contribution in [1.29, 1.82) is 0 Å². The molecule has 0 spiro atoms. The lowest BCUT2D eigenvalue weighted by Gasteiger charge is -2.24. The Morgan fingerprint density at radius 1 is 0.889 bits per heavy atom. The van der Waals surface area contributed by atoms with Crippen molar-refractivity contribution in [1.82, 2.24) is 0 Å². The minimum atomic E-state index is -3.76. The van der Waals surface area contributed by atoms with Gasteiger partial charge in [-0.2, -0.15) is 12.8 Å². The van der Waals surface area contributed by atoms with Crippen LogP contribution >= 0.6 is 0 Å². The zero-order chi connectivity index (χ0) is 18.6. The Morgan fingerprint density at radius 2 is 1.56 bits per heavy atom. The zero-order valence-corrected chi connectivity index (χ0v) is 15.7. The molecule has 1 heterocycles. The van der Waals surface area contributed by atoms with E-state index in [0.29, 0.717) is 34.0 Å². The van der Waals surface area contributed by atoms with Gasteiger partial charge in [0, 0.05) is 34.0 Å². The van der Waals surface area contributed by atoms with Gasteiger partial charge in [-0.3, -0.25) is 4.79 Å². The van der Waals surface area contributed by atoms with E-state index in [0.717, 1.165) is 18.5 Å². The van der Waals surface area contributed by atoms with E-state index in [-0.39, 0.29) is 10.7 Å². The van der Waals surface area contributed by atoms with Crippen LogP contribution in [0.15, 0.2) is 45.7 Å².